The molecule has 1 N–H and O–H groups in total. The second-order valence-electron chi connectivity index (χ2n) is 5.82. The lowest BCUT2D eigenvalue weighted by Gasteiger charge is -2.09. The number of carboxylic acid groups (broad SMARTS) is 1. The van der Waals surface area contributed by atoms with E-state index in [0.29, 0.717) is 35.8 Å². The van der Waals surface area contributed by atoms with Crippen molar-refractivity contribution in [3.05, 3.63) is 89.5 Å². The van der Waals surface area contributed by atoms with Crippen molar-refractivity contribution in [1.29, 1.82) is 5.26 Å². The molecule has 5 heteroatoms. The van der Waals surface area contributed by atoms with E-state index in [-0.39, 0.29) is 5.56 Å². The van der Waals surface area contributed by atoms with Crippen LogP contribution in [0.1, 0.15) is 21.5 Å². The van der Waals surface area contributed by atoms with Crippen molar-refractivity contribution in [2.45, 2.75) is 6.42 Å². The van der Waals surface area contributed by atoms with Crippen LogP contribution in [0, 0.1) is 11.3 Å². The van der Waals surface area contributed by atoms with Crippen molar-refractivity contribution in [1.82, 2.24) is 0 Å². The summed E-state index contributed by atoms with van der Waals surface area (Å²) in [6.45, 7) is 0.420. The van der Waals surface area contributed by atoms with Crippen LogP contribution >= 0.6 is 0 Å². The van der Waals surface area contributed by atoms with E-state index in [1.54, 1.807) is 36.4 Å². The molecule has 0 heterocycles. The minimum absolute atomic E-state index is 0.199. The molecule has 0 aromatic heterocycles. The Bertz CT molecular complexity index is 974. The van der Waals surface area contributed by atoms with Crippen molar-refractivity contribution in [3.63, 3.8) is 0 Å². The molecule has 0 spiro atoms. The summed E-state index contributed by atoms with van der Waals surface area (Å²) in [7, 11) is 0. The first-order valence-electron chi connectivity index (χ1n) is 8.37. The fraction of sp³-hybridized carbons (Fsp3) is 0.0909. The summed E-state index contributed by atoms with van der Waals surface area (Å²) in [5.74, 6) is 0.908. The van der Waals surface area contributed by atoms with Crippen molar-refractivity contribution in [2.24, 2.45) is 0 Å². The van der Waals surface area contributed by atoms with Crippen LogP contribution in [0.4, 0.5) is 0 Å². The van der Waals surface area contributed by atoms with Gasteiger partial charge in [-0.1, -0.05) is 18.2 Å². The summed E-state index contributed by atoms with van der Waals surface area (Å²) in [6.07, 6.45) is 0.655. The van der Waals surface area contributed by atoms with Gasteiger partial charge in [-0.3, -0.25) is 0 Å². The Labute approximate surface area is 157 Å². The van der Waals surface area contributed by atoms with Gasteiger partial charge in [-0.2, -0.15) is 5.26 Å². The highest BCUT2D eigenvalue weighted by molar-refractivity contribution is 5.88. The monoisotopic (exact) mass is 359 g/mol. The van der Waals surface area contributed by atoms with Gasteiger partial charge in [0, 0.05) is 6.42 Å². The van der Waals surface area contributed by atoms with Gasteiger partial charge in [0.05, 0.1) is 23.8 Å². The summed E-state index contributed by atoms with van der Waals surface area (Å²) in [4.78, 5) is 11.0. The molecule has 27 heavy (non-hydrogen) atoms. The maximum absolute atomic E-state index is 11.0. The van der Waals surface area contributed by atoms with Crippen LogP contribution in [0.3, 0.4) is 0 Å². The zero-order valence-electron chi connectivity index (χ0n) is 14.5. The number of rotatable bonds is 7. The average molecular weight is 359 g/mol. The van der Waals surface area contributed by atoms with Crippen LogP contribution in [-0.2, 0) is 6.42 Å². The number of nitriles is 1. The first kappa shape index (κ1) is 18.0. The molecule has 0 unspecified atom stereocenters. The second kappa shape index (κ2) is 8.54. The van der Waals surface area contributed by atoms with E-state index < -0.39 is 5.97 Å². The number of carboxylic acids is 1. The number of nitrogens with zero attached hydrogens (tertiary/aromatic N) is 1. The van der Waals surface area contributed by atoms with Gasteiger partial charge in [-0.15, -0.1) is 0 Å². The van der Waals surface area contributed by atoms with E-state index in [4.69, 9.17) is 19.8 Å². The summed E-state index contributed by atoms with van der Waals surface area (Å²) in [5, 5.41) is 17.8. The smallest absolute Gasteiger partial charge is 0.335 e. The molecule has 0 amide bonds. The molecular weight excluding hydrogens is 342 g/mol. The van der Waals surface area contributed by atoms with Crippen molar-refractivity contribution in [2.75, 3.05) is 6.61 Å². The van der Waals surface area contributed by atoms with Crippen molar-refractivity contribution in [3.8, 4) is 23.3 Å². The fourth-order valence-electron chi connectivity index (χ4n) is 2.50. The SMILES string of the molecule is N#Cc1ccc(Oc2cccc(CCOc3cccc(C(=O)O)c3)c2)cc1. The minimum atomic E-state index is -0.979. The van der Waals surface area contributed by atoms with E-state index >= 15 is 0 Å². The maximum atomic E-state index is 11.0. The van der Waals surface area contributed by atoms with E-state index in [9.17, 15) is 4.79 Å². The van der Waals surface area contributed by atoms with Crippen molar-refractivity contribution >= 4 is 5.97 Å². The Kier molecular flexibility index (Phi) is 5.70. The molecule has 0 radical (unpaired) electrons. The van der Waals surface area contributed by atoms with E-state index in [2.05, 4.69) is 6.07 Å². The Hall–Kier alpha value is -3.78. The predicted octanol–water partition coefficient (Wildman–Crippen LogP) is 4.67. The lowest BCUT2D eigenvalue weighted by Crippen LogP contribution is -2.03. The molecule has 0 aliphatic carbocycles. The van der Waals surface area contributed by atoms with Crippen LogP contribution in [0.2, 0.25) is 0 Å². The van der Waals surface area contributed by atoms with E-state index in [1.807, 2.05) is 24.3 Å². The minimum Gasteiger partial charge on any atom is -0.493 e. The number of benzene rings is 3. The summed E-state index contributed by atoms with van der Waals surface area (Å²) in [6, 6.07) is 23.1. The van der Waals surface area contributed by atoms with Gasteiger partial charge in [0.1, 0.15) is 17.2 Å². The van der Waals surface area contributed by atoms with Crippen LogP contribution in [0.15, 0.2) is 72.8 Å². The zero-order chi connectivity index (χ0) is 19.1. The van der Waals surface area contributed by atoms with Crippen LogP contribution in [0.5, 0.6) is 17.2 Å². The Morgan fingerprint density at radius 3 is 2.41 bits per heavy atom. The van der Waals surface area contributed by atoms with Gasteiger partial charge >= 0.3 is 5.97 Å². The molecule has 3 rings (SSSR count). The molecule has 134 valence electrons. The topological polar surface area (TPSA) is 79.5 Å². The largest absolute Gasteiger partial charge is 0.493 e. The van der Waals surface area contributed by atoms with Gasteiger partial charge in [-0.25, -0.2) is 4.79 Å². The lowest BCUT2D eigenvalue weighted by atomic mass is 10.1. The average Bonchev–Trinajstić information content (AvgIpc) is 2.69. The highest BCUT2D eigenvalue weighted by atomic mass is 16.5. The van der Waals surface area contributed by atoms with Crippen LogP contribution < -0.4 is 9.47 Å². The Morgan fingerprint density at radius 2 is 1.67 bits per heavy atom. The van der Waals surface area contributed by atoms with Gasteiger partial charge in [0.2, 0.25) is 0 Å². The Balaban J connectivity index is 1.58. The summed E-state index contributed by atoms with van der Waals surface area (Å²) >= 11 is 0. The molecule has 3 aromatic rings. The number of aromatic carboxylic acids is 1. The molecule has 3 aromatic carbocycles. The highest BCUT2D eigenvalue weighted by Gasteiger charge is 2.04. The normalized spacial score (nSPS) is 10.0. The second-order valence-corrected chi connectivity index (χ2v) is 5.82. The third-order valence-electron chi connectivity index (χ3n) is 3.86. The summed E-state index contributed by atoms with van der Waals surface area (Å²) in [5.41, 5.74) is 1.82. The summed E-state index contributed by atoms with van der Waals surface area (Å²) < 4.78 is 11.5. The highest BCUT2D eigenvalue weighted by Crippen LogP contribution is 2.23. The van der Waals surface area contributed by atoms with Crippen LogP contribution in [0.25, 0.3) is 0 Å². The van der Waals surface area contributed by atoms with Gasteiger partial charge in [-0.05, 0) is 60.2 Å². The standard InChI is InChI=1S/C22H17NO4/c23-15-17-7-9-19(10-8-17)27-21-6-1-3-16(13-21)11-12-26-20-5-2-4-18(14-20)22(24)25/h1-10,13-14H,11-12H2,(H,24,25). The van der Waals surface area contributed by atoms with Crippen molar-refractivity contribution < 1.29 is 19.4 Å². The van der Waals surface area contributed by atoms with Gasteiger partial charge in [0.15, 0.2) is 0 Å². The van der Waals surface area contributed by atoms with Gasteiger partial charge < -0.3 is 14.6 Å². The quantitative estimate of drug-likeness (QED) is 0.663. The fourth-order valence-corrected chi connectivity index (χ4v) is 2.50. The first-order chi connectivity index (χ1) is 13.1. The number of hydrogen-bond donors (Lipinski definition) is 1. The third-order valence-corrected chi connectivity index (χ3v) is 3.86. The maximum Gasteiger partial charge on any atom is 0.335 e. The molecule has 0 aliphatic heterocycles. The molecule has 0 aliphatic rings. The van der Waals surface area contributed by atoms with Gasteiger partial charge in [0.25, 0.3) is 0 Å². The lowest BCUT2D eigenvalue weighted by molar-refractivity contribution is 0.0696. The molecule has 0 saturated carbocycles. The molecular formula is C22H17NO4. The molecule has 5 nitrogen and oxygen atoms in total. The third kappa shape index (κ3) is 5.10. The molecule has 0 atom stereocenters. The number of carbonyl (C=O) groups is 1. The first-order valence-corrected chi connectivity index (χ1v) is 8.37. The van der Waals surface area contributed by atoms with E-state index in [1.165, 1.54) is 12.1 Å². The van der Waals surface area contributed by atoms with E-state index in [0.717, 1.165) is 5.56 Å². The zero-order valence-corrected chi connectivity index (χ0v) is 14.5. The number of ether oxygens (including phenoxy) is 2. The number of hydrogen-bond acceptors (Lipinski definition) is 4. The van der Waals surface area contributed by atoms with Crippen LogP contribution in [-0.4, -0.2) is 17.7 Å². The predicted molar refractivity (Wildman–Crippen MR) is 100 cm³/mol. The Morgan fingerprint density at radius 1 is 0.926 bits per heavy atom. The molecule has 0 saturated heterocycles. The molecule has 0 fully saturated rings. The molecule has 0 bridgehead atoms.